The van der Waals surface area contributed by atoms with E-state index in [4.69, 9.17) is 5.73 Å². The van der Waals surface area contributed by atoms with Gasteiger partial charge in [-0.3, -0.25) is 0 Å². The molecular formula is C19H17FNO2S. The van der Waals surface area contributed by atoms with Crippen molar-refractivity contribution < 1.29 is 12.8 Å². The van der Waals surface area contributed by atoms with E-state index in [1.165, 1.54) is 24.3 Å². The van der Waals surface area contributed by atoms with Crippen LogP contribution in [0.5, 0.6) is 0 Å². The number of halogens is 1. The highest BCUT2D eigenvalue weighted by Crippen LogP contribution is 2.29. The third-order valence-corrected chi connectivity index (χ3v) is 5.76. The maximum Gasteiger partial charge on any atom is 0.206 e. The summed E-state index contributed by atoms with van der Waals surface area (Å²) in [5, 5.41) is 1.67. The van der Waals surface area contributed by atoms with Crippen LogP contribution in [0.15, 0.2) is 70.5 Å². The second-order valence-electron chi connectivity index (χ2n) is 5.59. The molecule has 3 aromatic carbocycles. The molecule has 0 aliphatic heterocycles. The van der Waals surface area contributed by atoms with Gasteiger partial charge < -0.3 is 5.73 Å². The van der Waals surface area contributed by atoms with E-state index in [2.05, 4.69) is 6.92 Å². The van der Waals surface area contributed by atoms with Gasteiger partial charge >= 0.3 is 0 Å². The topological polar surface area (TPSA) is 60.2 Å². The summed E-state index contributed by atoms with van der Waals surface area (Å²) >= 11 is 0. The molecule has 1 unspecified atom stereocenters. The van der Waals surface area contributed by atoms with Crippen LogP contribution in [-0.4, -0.2) is 8.42 Å². The molecule has 0 aromatic heterocycles. The summed E-state index contributed by atoms with van der Waals surface area (Å²) in [6.07, 6.45) is 0.544. The normalized spacial score (nSPS) is 13.1. The van der Waals surface area contributed by atoms with E-state index in [1.807, 2.05) is 18.2 Å². The van der Waals surface area contributed by atoms with Crippen LogP contribution in [0.3, 0.4) is 0 Å². The molecule has 2 N–H and O–H groups in total. The molecule has 123 valence electrons. The minimum Gasteiger partial charge on any atom is -0.324 e. The van der Waals surface area contributed by atoms with E-state index in [-0.39, 0.29) is 15.8 Å². The lowest BCUT2D eigenvalue weighted by molar-refractivity contribution is 0.591. The van der Waals surface area contributed by atoms with E-state index < -0.39 is 15.7 Å². The van der Waals surface area contributed by atoms with Crippen molar-refractivity contribution in [2.45, 2.75) is 22.3 Å². The molecule has 3 aromatic rings. The van der Waals surface area contributed by atoms with Gasteiger partial charge in [0.05, 0.1) is 9.79 Å². The first-order chi connectivity index (χ1) is 11.4. The molecule has 5 heteroatoms. The lowest BCUT2D eigenvalue weighted by Crippen LogP contribution is -2.09. The Hall–Kier alpha value is -2.24. The lowest BCUT2D eigenvalue weighted by Gasteiger charge is -2.13. The van der Waals surface area contributed by atoms with Crippen molar-refractivity contribution in [2.24, 2.45) is 5.73 Å². The Morgan fingerprint density at radius 3 is 2.42 bits per heavy atom. The highest BCUT2D eigenvalue weighted by Gasteiger charge is 2.19. The van der Waals surface area contributed by atoms with E-state index >= 15 is 0 Å². The zero-order chi connectivity index (χ0) is 17.3. The van der Waals surface area contributed by atoms with Crippen molar-refractivity contribution in [3.63, 3.8) is 0 Å². The van der Waals surface area contributed by atoms with Crippen molar-refractivity contribution in [1.82, 2.24) is 0 Å². The van der Waals surface area contributed by atoms with E-state index in [1.54, 1.807) is 12.1 Å². The summed E-state index contributed by atoms with van der Waals surface area (Å²) < 4.78 is 38.8. The Balaban J connectivity index is 2.15. The van der Waals surface area contributed by atoms with Crippen molar-refractivity contribution in [3.05, 3.63) is 79.0 Å². The van der Waals surface area contributed by atoms with Gasteiger partial charge in [0.2, 0.25) is 9.84 Å². The van der Waals surface area contributed by atoms with E-state index in [9.17, 15) is 12.8 Å². The maximum absolute atomic E-state index is 13.4. The zero-order valence-electron chi connectivity index (χ0n) is 12.9. The number of benzene rings is 3. The Kier molecular flexibility index (Phi) is 4.39. The Bertz CT molecular complexity index is 999. The molecule has 0 spiro atoms. The summed E-state index contributed by atoms with van der Waals surface area (Å²) in [6.45, 7) is 3.82. The SMILES string of the molecule is [CH2]CC(N)c1cccc2cc(S(=O)(=O)c3cccc(F)c3)ccc12. The summed E-state index contributed by atoms with van der Waals surface area (Å²) in [6, 6.07) is 15.2. The minimum atomic E-state index is -3.78. The highest BCUT2D eigenvalue weighted by molar-refractivity contribution is 7.91. The van der Waals surface area contributed by atoms with E-state index in [0.29, 0.717) is 6.42 Å². The van der Waals surface area contributed by atoms with Gasteiger partial charge in [0.1, 0.15) is 5.82 Å². The number of rotatable bonds is 4. The number of nitrogens with two attached hydrogens (primary N) is 1. The molecule has 0 fully saturated rings. The molecule has 3 rings (SSSR count). The summed E-state index contributed by atoms with van der Waals surface area (Å²) in [5.74, 6) is -0.583. The van der Waals surface area contributed by atoms with Gasteiger partial charge in [-0.1, -0.05) is 37.3 Å². The number of sulfone groups is 1. The van der Waals surface area contributed by atoms with Gasteiger partial charge in [0.15, 0.2) is 0 Å². The molecule has 24 heavy (non-hydrogen) atoms. The fraction of sp³-hybridized carbons (Fsp3) is 0.105. The first-order valence-corrected chi connectivity index (χ1v) is 9.00. The molecule has 1 radical (unpaired) electrons. The van der Waals surface area contributed by atoms with Gasteiger partial charge in [-0.05, 0) is 53.1 Å². The fourth-order valence-corrected chi connectivity index (χ4v) is 4.03. The molecule has 0 saturated carbocycles. The Labute approximate surface area is 140 Å². The molecule has 0 aliphatic rings. The van der Waals surface area contributed by atoms with Crippen LogP contribution < -0.4 is 5.73 Å². The minimum absolute atomic E-state index is 0.0625. The van der Waals surface area contributed by atoms with Crippen molar-refractivity contribution in [1.29, 1.82) is 0 Å². The average molecular weight is 342 g/mol. The molecule has 1 atom stereocenters. The van der Waals surface area contributed by atoms with E-state index in [0.717, 1.165) is 22.4 Å². The van der Waals surface area contributed by atoms with Crippen molar-refractivity contribution >= 4 is 20.6 Å². The predicted molar refractivity (Wildman–Crippen MR) is 92.7 cm³/mol. The van der Waals surface area contributed by atoms with Crippen LogP contribution in [0.1, 0.15) is 18.0 Å². The summed E-state index contributed by atoms with van der Waals surface area (Å²) in [5.41, 5.74) is 7.00. The number of fused-ring (bicyclic) bond motifs is 1. The van der Waals surface area contributed by atoms with Gasteiger partial charge in [0, 0.05) is 6.04 Å². The highest BCUT2D eigenvalue weighted by atomic mass is 32.2. The zero-order valence-corrected chi connectivity index (χ0v) is 13.8. The largest absolute Gasteiger partial charge is 0.324 e. The second-order valence-corrected chi connectivity index (χ2v) is 7.54. The lowest BCUT2D eigenvalue weighted by atomic mass is 9.98. The van der Waals surface area contributed by atoms with Crippen LogP contribution in [0.2, 0.25) is 0 Å². The molecule has 0 aliphatic carbocycles. The second kappa shape index (κ2) is 6.34. The Morgan fingerprint density at radius 1 is 1.00 bits per heavy atom. The molecule has 0 heterocycles. The van der Waals surface area contributed by atoms with Gasteiger partial charge in [-0.2, -0.15) is 0 Å². The maximum atomic E-state index is 13.4. The van der Waals surface area contributed by atoms with Crippen LogP contribution in [0.4, 0.5) is 4.39 Å². The summed E-state index contributed by atoms with van der Waals surface area (Å²) in [7, 11) is -3.78. The van der Waals surface area contributed by atoms with Gasteiger partial charge in [-0.25, -0.2) is 12.8 Å². The molecular weight excluding hydrogens is 325 g/mol. The number of hydrogen-bond donors (Lipinski definition) is 1. The van der Waals surface area contributed by atoms with Crippen molar-refractivity contribution in [3.8, 4) is 0 Å². The standard InChI is InChI=1S/C19H17FNO2S/c1-2-19(21)18-8-3-5-13-11-16(9-10-17(13)18)24(22,23)15-7-4-6-14(20)12-15/h3-12,19H,1-2,21H2. The monoisotopic (exact) mass is 342 g/mol. The van der Waals surface area contributed by atoms with Gasteiger partial charge in [0.25, 0.3) is 0 Å². The third kappa shape index (κ3) is 2.92. The first kappa shape index (κ1) is 16.6. The first-order valence-electron chi connectivity index (χ1n) is 7.51. The molecule has 0 amide bonds. The molecule has 0 bridgehead atoms. The quantitative estimate of drug-likeness (QED) is 0.778. The number of hydrogen-bond acceptors (Lipinski definition) is 3. The Morgan fingerprint density at radius 2 is 1.71 bits per heavy atom. The van der Waals surface area contributed by atoms with Crippen LogP contribution in [-0.2, 0) is 9.84 Å². The molecule has 0 saturated heterocycles. The molecule has 3 nitrogen and oxygen atoms in total. The smallest absolute Gasteiger partial charge is 0.206 e. The van der Waals surface area contributed by atoms with Crippen LogP contribution in [0, 0.1) is 12.7 Å². The van der Waals surface area contributed by atoms with Gasteiger partial charge in [-0.15, -0.1) is 0 Å². The van der Waals surface area contributed by atoms with Crippen LogP contribution in [0.25, 0.3) is 10.8 Å². The average Bonchev–Trinajstić information content (AvgIpc) is 2.60. The summed E-state index contributed by atoms with van der Waals surface area (Å²) in [4.78, 5) is 0.0633. The fourth-order valence-electron chi connectivity index (χ4n) is 2.70. The van der Waals surface area contributed by atoms with Crippen LogP contribution >= 0.6 is 0 Å². The van der Waals surface area contributed by atoms with Crippen molar-refractivity contribution in [2.75, 3.05) is 0 Å². The third-order valence-electron chi connectivity index (χ3n) is 4.01. The predicted octanol–water partition coefficient (Wildman–Crippen LogP) is 4.04.